The lowest BCUT2D eigenvalue weighted by Crippen LogP contribution is -2.45. The minimum Gasteiger partial charge on any atom is -0.394 e. The summed E-state index contributed by atoms with van der Waals surface area (Å²) in [6.07, 6.45) is 11.2. The summed E-state index contributed by atoms with van der Waals surface area (Å²) in [5.74, 6) is 3.70. The van der Waals surface area contributed by atoms with E-state index in [1.807, 2.05) is 6.33 Å². The molecule has 1 atom stereocenters. The summed E-state index contributed by atoms with van der Waals surface area (Å²) in [4.78, 5) is 4.40. The smallest absolute Gasteiger partial charge is 0.0952 e. The van der Waals surface area contributed by atoms with Crippen LogP contribution in [-0.2, 0) is 0 Å². The second-order valence-electron chi connectivity index (χ2n) is 6.96. The number of nitrogens with zero attached hydrogens (tertiary/aromatic N) is 2. The topological polar surface area (TPSA) is 64.1 Å². The van der Waals surface area contributed by atoms with E-state index in [1.165, 1.54) is 32.1 Å². The van der Waals surface area contributed by atoms with Crippen molar-refractivity contribution in [3.05, 3.63) is 18.2 Å². The zero-order valence-corrected chi connectivity index (χ0v) is 11.3. The van der Waals surface area contributed by atoms with Crippen molar-refractivity contribution in [1.29, 1.82) is 0 Å². The van der Waals surface area contributed by atoms with Gasteiger partial charge in [-0.3, -0.25) is 0 Å². The van der Waals surface area contributed by atoms with E-state index < -0.39 is 0 Å². The minimum atomic E-state index is -0.335. The predicted octanol–water partition coefficient (Wildman–Crippen LogP) is 1.87. The molecule has 4 aliphatic carbocycles. The van der Waals surface area contributed by atoms with Gasteiger partial charge in [0.05, 0.1) is 24.7 Å². The van der Waals surface area contributed by atoms with Crippen molar-refractivity contribution in [2.45, 2.75) is 44.2 Å². The lowest BCUT2D eigenvalue weighted by molar-refractivity contribution is -0.0292. The summed E-state index contributed by atoms with van der Waals surface area (Å²) in [6, 6.07) is 0.304. The molecule has 4 saturated carbocycles. The molecular formula is C15H23N3O. The van der Waals surface area contributed by atoms with Gasteiger partial charge in [-0.1, -0.05) is 0 Å². The molecule has 0 spiro atoms. The Kier molecular flexibility index (Phi) is 2.71. The Bertz CT molecular complexity index is 442. The van der Waals surface area contributed by atoms with Gasteiger partial charge in [0, 0.05) is 12.2 Å². The molecule has 0 aromatic carbocycles. The van der Waals surface area contributed by atoms with Crippen molar-refractivity contribution in [2.24, 2.45) is 29.4 Å². The van der Waals surface area contributed by atoms with Gasteiger partial charge in [0.1, 0.15) is 0 Å². The van der Waals surface area contributed by atoms with Crippen molar-refractivity contribution in [3.8, 4) is 0 Å². The molecule has 19 heavy (non-hydrogen) atoms. The molecule has 4 heteroatoms. The molecule has 0 aliphatic heterocycles. The molecule has 0 saturated heterocycles. The van der Waals surface area contributed by atoms with E-state index in [4.69, 9.17) is 10.8 Å². The molecule has 1 heterocycles. The van der Waals surface area contributed by atoms with Crippen molar-refractivity contribution >= 4 is 0 Å². The molecule has 4 nitrogen and oxygen atoms in total. The molecule has 104 valence electrons. The number of hydrogen-bond acceptors (Lipinski definition) is 3. The number of rotatable bonds is 3. The van der Waals surface area contributed by atoms with E-state index in [0.717, 1.165) is 29.4 Å². The van der Waals surface area contributed by atoms with E-state index in [9.17, 15) is 0 Å². The van der Waals surface area contributed by atoms with Crippen molar-refractivity contribution < 1.29 is 5.11 Å². The van der Waals surface area contributed by atoms with Gasteiger partial charge in [-0.2, -0.15) is 0 Å². The average Bonchev–Trinajstić information content (AvgIpc) is 2.86. The van der Waals surface area contributed by atoms with Gasteiger partial charge < -0.3 is 15.4 Å². The van der Waals surface area contributed by atoms with Crippen LogP contribution >= 0.6 is 0 Å². The zero-order chi connectivity index (χ0) is 13.0. The molecule has 0 amide bonds. The van der Waals surface area contributed by atoms with E-state index in [0.29, 0.717) is 6.04 Å². The highest BCUT2D eigenvalue weighted by Gasteiger charge is 2.48. The van der Waals surface area contributed by atoms with Crippen molar-refractivity contribution in [2.75, 3.05) is 6.61 Å². The van der Waals surface area contributed by atoms with Crippen LogP contribution in [0.2, 0.25) is 0 Å². The van der Waals surface area contributed by atoms with Crippen LogP contribution in [0.3, 0.4) is 0 Å². The van der Waals surface area contributed by atoms with Crippen LogP contribution in [-0.4, -0.2) is 21.3 Å². The maximum Gasteiger partial charge on any atom is 0.0952 e. The maximum absolute atomic E-state index is 9.14. The van der Waals surface area contributed by atoms with Gasteiger partial charge in [0.15, 0.2) is 0 Å². The van der Waals surface area contributed by atoms with Crippen LogP contribution in [0.25, 0.3) is 0 Å². The van der Waals surface area contributed by atoms with E-state index in [1.54, 1.807) is 0 Å². The maximum atomic E-state index is 9.14. The van der Waals surface area contributed by atoms with Crippen LogP contribution in [0.5, 0.6) is 0 Å². The summed E-state index contributed by atoms with van der Waals surface area (Å²) in [5, 5.41) is 9.14. The van der Waals surface area contributed by atoms with Crippen LogP contribution in [0.4, 0.5) is 0 Å². The Morgan fingerprint density at radius 2 is 1.84 bits per heavy atom. The lowest BCUT2D eigenvalue weighted by Gasteiger charge is -2.54. The molecule has 0 radical (unpaired) electrons. The number of hydrogen-bond donors (Lipinski definition) is 2. The lowest BCUT2D eigenvalue weighted by atomic mass is 9.54. The number of nitrogens with two attached hydrogens (primary N) is 1. The second-order valence-corrected chi connectivity index (χ2v) is 6.96. The van der Waals surface area contributed by atoms with Gasteiger partial charge >= 0.3 is 0 Å². The molecular weight excluding hydrogens is 238 g/mol. The first kappa shape index (κ1) is 11.9. The number of imidazole rings is 1. The van der Waals surface area contributed by atoms with Gasteiger partial charge in [0.25, 0.3) is 0 Å². The van der Waals surface area contributed by atoms with Gasteiger partial charge in [0.2, 0.25) is 0 Å². The molecule has 4 aliphatic rings. The van der Waals surface area contributed by atoms with E-state index >= 15 is 0 Å². The number of aliphatic hydroxyl groups excluding tert-OH is 1. The summed E-state index contributed by atoms with van der Waals surface area (Å²) in [7, 11) is 0. The summed E-state index contributed by atoms with van der Waals surface area (Å²) in [6.45, 7) is -0.0291. The Labute approximate surface area is 114 Å². The first-order valence-corrected chi connectivity index (χ1v) is 7.64. The molecule has 4 bridgehead atoms. The quantitative estimate of drug-likeness (QED) is 0.873. The number of aliphatic hydroxyl groups is 1. The third-order valence-corrected chi connectivity index (χ3v) is 5.72. The van der Waals surface area contributed by atoms with Crippen LogP contribution in [0, 0.1) is 23.7 Å². The highest BCUT2D eigenvalue weighted by molar-refractivity contribution is 5.08. The Hall–Kier alpha value is -0.870. The van der Waals surface area contributed by atoms with Gasteiger partial charge in [-0.05, 0) is 55.8 Å². The average molecular weight is 261 g/mol. The van der Waals surface area contributed by atoms with Crippen molar-refractivity contribution in [1.82, 2.24) is 9.55 Å². The monoisotopic (exact) mass is 261 g/mol. The molecule has 1 aromatic heterocycles. The number of aromatic nitrogens is 2. The first-order chi connectivity index (χ1) is 9.24. The highest BCUT2D eigenvalue weighted by Crippen LogP contribution is 2.58. The Morgan fingerprint density at radius 3 is 2.42 bits per heavy atom. The third kappa shape index (κ3) is 1.84. The molecule has 3 N–H and O–H groups in total. The normalized spacial score (nSPS) is 41.7. The van der Waals surface area contributed by atoms with Crippen LogP contribution < -0.4 is 5.73 Å². The molecule has 1 unspecified atom stereocenters. The van der Waals surface area contributed by atoms with Crippen LogP contribution in [0.15, 0.2) is 12.5 Å². The summed E-state index contributed by atoms with van der Waals surface area (Å²) >= 11 is 0. The Balaban J connectivity index is 1.60. The second kappa shape index (κ2) is 4.32. The molecule has 1 aromatic rings. The molecule has 5 rings (SSSR count). The van der Waals surface area contributed by atoms with Crippen LogP contribution in [0.1, 0.15) is 49.9 Å². The van der Waals surface area contributed by atoms with E-state index in [-0.39, 0.29) is 12.6 Å². The summed E-state index contributed by atoms with van der Waals surface area (Å²) in [5.41, 5.74) is 6.69. The predicted molar refractivity (Wildman–Crippen MR) is 72.3 cm³/mol. The minimum absolute atomic E-state index is 0.0291. The molecule has 4 fully saturated rings. The van der Waals surface area contributed by atoms with E-state index in [2.05, 4.69) is 15.7 Å². The standard InChI is InChI=1S/C15H23N3O/c16-13(7-19)14-6-18(8-17-14)15-11-2-9-1-10(4-11)5-12(15)3-9/h6,8-13,15,19H,1-5,7,16H2. The zero-order valence-electron chi connectivity index (χ0n) is 11.3. The Morgan fingerprint density at radius 1 is 1.21 bits per heavy atom. The SMILES string of the molecule is NC(CO)c1cn(C2C3CC4CC(C3)CC2C4)cn1. The fraction of sp³-hybridized carbons (Fsp3) is 0.800. The highest BCUT2D eigenvalue weighted by atomic mass is 16.3. The first-order valence-electron chi connectivity index (χ1n) is 7.64. The third-order valence-electron chi connectivity index (χ3n) is 5.72. The fourth-order valence-electron chi connectivity index (χ4n) is 5.18. The van der Waals surface area contributed by atoms with Crippen molar-refractivity contribution in [3.63, 3.8) is 0 Å². The van der Waals surface area contributed by atoms with Gasteiger partial charge in [-0.15, -0.1) is 0 Å². The largest absolute Gasteiger partial charge is 0.394 e. The fourth-order valence-corrected chi connectivity index (χ4v) is 5.18. The summed E-state index contributed by atoms with van der Waals surface area (Å²) < 4.78 is 2.30. The van der Waals surface area contributed by atoms with Gasteiger partial charge in [-0.25, -0.2) is 4.98 Å².